The van der Waals surface area contributed by atoms with Crippen LogP contribution >= 0.6 is 43.2 Å². The highest BCUT2D eigenvalue weighted by Crippen LogP contribution is 2.50. The van der Waals surface area contributed by atoms with Gasteiger partial charge in [0.15, 0.2) is 18.1 Å². The summed E-state index contributed by atoms with van der Waals surface area (Å²) < 4.78 is 19.5. The molecule has 108 valence electrons. The van der Waals surface area contributed by atoms with Crippen molar-refractivity contribution in [1.82, 2.24) is 0 Å². The summed E-state index contributed by atoms with van der Waals surface area (Å²) >= 11 is 8.50. The van der Waals surface area contributed by atoms with Crippen LogP contribution in [0.4, 0.5) is 0 Å². The highest BCUT2D eigenvalue weighted by molar-refractivity contribution is 9.12. The predicted octanol–water partition coefficient (Wildman–Crippen LogP) is 5.36. The Morgan fingerprint density at radius 3 is 2.74 bits per heavy atom. The van der Waals surface area contributed by atoms with E-state index in [-0.39, 0.29) is 12.4 Å². The molecule has 0 aliphatic carbocycles. The molecule has 0 radical (unpaired) electrons. The smallest absolute Gasteiger partial charge is 0.234 e. The van der Waals surface area contributed by atoms with Crippen LogP contribution in [0.1, 0.15) is 39.5 Å². The molecule has 0 spiro atoms. The van der Waals surface area contributed by atoms with Gasteiger partial charge in [0.25, 0.3) is 0 Å². The summed E-state index contributed by atoms with van der Waals surface area (Å²) in [7, 11) is 0. The minimum atomic E-state index is -0.313. The van der Waals surface area contributed by atoms with Gasteiger partial charge in [-0.3, -0.25) is 0 Å². The van der Waals surface area contributed by atoms with Crippen molar-refractivity contribution in [3.63, 3.8) is 0 Å². The summed E-state index contributed by atoms with van der Waals surface area (Å²) in [4.78, 5) is 0. The number of unbranched alkanes of at least 4 members (excludes halogenated alkanes) is 1. The average molecular weight is 414 g/mol. The number of rotatable bonds is 6. The van der Waals surface area contributed by atoms with Crippen LogP contribution < -0.4 is 9.47 Å². The molecule has 0 N–H and O–H groups in total. The second-order valence-corrected chi connectivity index (χ2v) is 8.13. The molecule has 0 aromatic carbocycles. The summed E-state index contributed by atoms with van der Waals surface area (Å²) in [6.07, 6.45) is 4.39. The Morgan fingerprint density at radius 1 is 1.32 bits per heavy atom. The molecular formula is C13H18Br2O3S. The number of fused-ring (bicyclic) bond motifs is 1. The van der Waals surface area contributed by atoms with Gasteiger partial charge in [-0.05, 0) is 44.7 Å². The van der Waals surface area contributed by atoms with E-state index in [2.05, 4.69) is 45.7 Å². The van der Waals surface area contributed by atoms with Gasteiger partial charge in [-0.1, -0.05) is 26.7 Å². The van der Waals surface area contributed by atoms with E-state index in [9.17, 15) is 0 Å². The van der Waals surface area contributed by atoms with Gasteiger partial charge < -0.3 is 14.2 Å². The van der Waals surface area contributed by atoms with Crippen molar-refractivity contribution in [2.75, 3.05) is 6.61 Å². The molecule has 6 heteroatoms. The zero-order valence-corrected chi connectivity index (χ0v) is 15.1. The third-order valence-electron chi connectivity index (χ3n) is 3.03. The Balaban J connectivity index is 1.95. The van der Waals surface area contributed by atoms with E-state index >= 15 is 0 Å². The Kier molecular flexibility index (Phi) is 5.99. The molecular weight excluding hydrogens is 396 g/mol. The standard InChI is InChI=1S/C13H18Br2O3S/c1-3-5-6-8(4-2)17-9-7-16-10-11(18-9)13(15)19-12(10)14/h8-9H,3-7H2,1-2H3. The summed E-state index contributed by atoms with van der Waals surface area (Å²) in [6.45, 7) is 4.78. The van der Waals surface area contributed by atoms with Crippen LogP contribution in [0.15, 0.2) is 7.57 Å². The molecule has 0 saturated carbocycles. The molecule has 1 aliphatic heterocycles. The molecule has 1 aliphatic rings. The Bertz CT molecular complexity index is 422. The lowest BCUT2D eigenvalue weighted by Crippen LogP contribution is -2.35. The fraction of sp³-hybridized carbons (Fsp3) is 0.692. The van der Waals surface area contributed by atoms with Crippen LogP contribution in [-0.4, -0.2) is 19.0 Å². The summed E-state index contributed by atoms with van der Waals surface area (Å²) in [5.41, 5.74) is 0. The first-order valence-electron chi connectivity index (χ1n) is 6.58. The van der Waals surface area contributed by atoms with Crippen molar-refractivity contribution in [2.24, 2.45) is 0 Å². The number of ether oxygens (including phenoxy) is 3. The maximum absolute atomic E-state index is 5.99. The van der Waals surface area contributed by atoms with Gasteiger partial charge in [-0.15, -0.1) is 11.3 Å². The first-order valence-corrected chi connectivity index (χ1v) is 8.98. The third kappa shape index (κ3) is 3.86. The molecule has 3 nitrogen and oxygen atoms in total. The van der Waals surface area contributed by atoms with Gasteiger partial charge in [-0.25, -0.2) is 0 Å². The van der Waals surface area contributed by atoms with Crippen molar-refractivity contribution in [3.8, 4) is 11.5 Å². The second-order valence-electron chi connectivity index (χ2n) is 4.47. The Morgan fingerprint density at radius 2 is 2.05 bits per heavy atom. The minimum absolute atomic E-state index is 0.246. The van der Waals surface area contributed by atoms with Crippen LogP contribution in [-0.2, 0) is 4.74 Å². The van der Waals surface area contributed by atoms with E-state index in [4.69, 9.17) is 14.2 Å². The zero-order chi connectivity index (χ0) is 13.8. The van der Waals surface area contributed by atoms with Gasteiger partial charge >= 0.3 is 0 Å². The summed E-state index contributed by atoms with van der Waals surface area (Å²) in [5, 5.41) is 0. The van der Waals surface area contributed by atoms with Gasteiger partial charge in [0.1, 0.15) is 7.57 Å². The largest absolute Gasteiger partial charge is 0.481 e. The number of thiophene rings is 1. The van der Waals surface area contributed by atoms with Crippen LogP contribution in [0.3, 0.4) is 0 Å². The molecule has 0 fully saturated rings. The molecule has 0 bridgehead atoms. The SMILES string of the molecule is CCCCC(CC)OC1COc2c(Br)sc(Br)c2O1. The van der Waals surface area contributed by atoms with E-state index in [1.54, 1.807) is 11.3 Å². The van der Waals surface area contributed by atoms with Crippen LogP contribution in [0, 0.1) is 0 Å². The highest BCUT2D eigenvalue weighted by Gasteiger charge is 2.29. The van der Waals surface area contributed by atoms with E-state index in [0.29, 0.717) is 6.61 Å². The Hall–Kier alpha value is 0.220. The Labute approximate surface area is 134 Å². The van der Waals surface area contributed by atoms with Gasteiger partial charge in [-0.2, -0.15) is 0 Å². The lowest BCUT2D eigenvalue weighted by Gasteiger charge is -2.28. The molecule has 19 heavy (non-hydrogen) atoms. The fourth-order valence-corrected chi connectivity index (χ4v) is 4.80. The maximum Gasteiger partial charge on any atom is 0.234 e. The van der Waals surface area contributed by atoms with Crippen molar-refractivity contribution in [2.45, 2.75) is 51.9 Å². The van der Waals surface area contributed by atoms with Gasteiger partial charge in [0.05, 0.1) is 6.10 Å². The monoisotopic (exact) mass is 412 g/mol. The van der Waals surface area contributed by atoms with Gasteiger partial charge in [0, 0.05) is 0 Å². The quantitative estimate of drug-likeness (QED) is 0.628. The average Bonchev–Trinajstić information content (AvgIpc) is 2.69. The predicted molar refractivity (Wildman–Crippen MR) is 84.3 cm³/mol. The zero-order valence-electron chi connectivity index (χ0n) is 11.1. The van der Waals surface area contributed by atoms with Crippen molar-refractivity contribution < 1.29 is 14.2 Å². The highest BCUT2D eigenvalue weighted by atomic mass is 79.9. The van der Waals surface area contributed by atoms with Crippen LogP contribution in [0.25, 0.3) is 0 Å². The lowest BCUT2D eigenvalue weighted by molar-refractivity contribution is -0.150. The lowest BCUT2D eigenvalue weighted by atomic mass is 10.1. The molecule has 0 amide bonds. The topological polar surface area (TPSA) is 27.7 Å². The maximum atomic E-state index is 5.99. The van der Waals surface area contributed by atoms with E-state index in [1.165, 1.54) is 12.8 Å². The van der Waals surface area contributed by atoms with Crippen molar-refractivity contribution in [3.05, 3.63) is 7.57 Å². The molecule has 1 aromatic rings. The van der Waals surface area contributed by atoms with Crippen molar-refractivity contribution >= 4 is 43.2 Å². The fourth-order valence-electron chi connectivity index (χ4n) is 1.97. The second kappa shape index (κ2) is 7.29. The number of hydrogen-bond donors (Lipinski definition) is 0. The first-order chi connectivity index (χ1) is 9.15. The summed E-state index contributed by atoms with van der Waals surface area (Å²) in [5.74, 6) is 1.52. The molecule has 2 atom stereocenters. The molecule has 2 rings (SSSR count). The first kappa shape index (κ1) is 15.6. The molecule has 2 unspecified atom stereocenters. The molecule has 0 saturated heterocycles. The minimum Gasteiger partial charge on any atom is -0.481 e. The third-order valence-corrected chi connectivity index (χ3v) is 5.46. The van der Waals surface area contributed by atoms with E-state index in [1.807, 2.05) is 0 Å². The number of hydrogen-bond acceptors (Lipinski definition) is 4. The van der Waals surface area contributed by atoms with Crippen LogP contribution in [0.5, 0.6) is 11.5 Å². The van der Waals surface area contributed by atoms with E-state index in [0.717, 1.165) is 31.9 Å². The summed E-state index contributed by atoms with van der Waals surface area (Å²) in [6, 6.07) is 0. The van der Waals surface area contributed by atoms with Gasteiger partial charge in [0.2, 0.25) is 6.29 Å². The van der Waals surface area contributed by atoms with E-state index < -0.39 is 0 Å². The number of halogens is 2. The van der Waals surface area contributed by atoms with Crippen LogP contribution in [0.2, 0.25) is 0 Å². The van der Waals surface area contributed by atoms with Crippen molar-refractivity contribution in [1.29, 1.82) is 0 Å². The molecule has 2 heterocycles. The normalized spacial score (nSPS) is 19.5. The molecule has 1 aromatic heterocycles.